The van der Waals surface area contributed by atoms with Crippen LogP contribution in [0, 0.1) is 0 Å². The molecule has 0 unspecified atom stereocenters. The molecule has 21 heavy (non-hydrogen) atoms. The van der Waals surface area contributed by atoms with Gasteiger partial charge in [0, 0.05) is 18.7 Å². The first-order chi connectivity index (χ1) is 10.2. The van der Waals surface area contributed by atoms with E-state index in [0.29, 0.717) is 30.3 Å². The molecule has 2 aliphatic rings. The predicted molar refractivity (Wildman–Crippen MR) is 73.2 cm³/mol. The number of hydrazine groups is 1. The molecule has 2 aliphatic heterocycles. The van der Waals surface area contributed by atoms with Crippen LogP contribution in [0.1, 0.15) is 22.1 Å². The van der Waals surface area contributed by atoms with Crippen LogP contribution in [0.3, 0.4) is 0 Å². The zero-order valence-corrected chi connectivity index (χ0v) is 12.0. The lowest BCUT2D eigenvalue weighted by Crippen LogP contribution is -2.47. The van der Waals surface area contributed by atoms with E-state index in [9.17, 15) is 4.79 Å². The van der Waals surface area contributed by atoms with E-state index < -0.39 is 12.2 Å². The molecule has 0 aliphatic carbocycles. The summed E-state index contributed by atoms with van der Waals surface area (Å²) in [6.45, 7) is 2.81. The molecule has 0 bridgehead atoms. The molecule has 0 spiro atoms. The third-order valence-electron chi connectivity index (χ3n) is 3.60. The molecule has 1 N–H and O–H groups in total. The third-order valence-corrected chi connectivity index (χ3v) is 3.60. The highest BCUT2D eigenvalue weighted by Crippen LogP contribution is 2.40. The van der Waals surface area contributed by atoms with E-state index in [0.717, 1.165) is 18.7 Å². The number of cyclic esters (lactones) is 1. The molecule has 1 aromatic carbocycles. The molecule has 7 heteroatoms. The number of carbonyl (C=O) groups excluding carboxylic acids is 1. The molecule has 0 aromatic heterocycles. The Morgan fingerprint density at radius 2 is 2.00 bits per heavy atom. The van der Waals surface area contributed by atoms with E-state index in [1.54, 1.807) is 6.07 Å². The molecule has 0 amide bonds. The number of rotatable bonds is 4. The van der Waals surface area contributed by atoms with Crippen LogP contribution in [-0.2, 0) is 9.47 Å². The number of morpholine rings is 1. The fourth-order valence-electron chi connectivity index (χ4n) is 2.55. The second-order valence-corrected chi connectivity index (χ2v) is 4.78. The smallest absolute Gasteiger partial charge is 0.344 e. The monoisotopic (exact) mass is 294 g/mol. The maximum Gasteiger partial charge on any atom is 0.344 e. The number of nitrogens with zero attached hydrogens (tertiary/aromatic N) is 1. The summed E-state index contributed by atoms with van der Waals surface area (Å²) < 4.78 is 21.2. The van der Waals surface area contributed by atoms with Gasteiger partial charge in [-0.1, -0.05) is 0 Å². The first-order valence-corrected chi connectivity index (χ1v) is 6.79. The van der Waals surface area contributed by atoms with E-state index >= 15 is 0 Å². The van der Waals surface area contributed by atoms with Crippen molar-refractivity contribution in [3.8, 4) is 11.5 Å². The van der Waals surface area contributed by atoms with Gasteiger partial charge in [0.25, 0.3) is 0 Å². The van der Waals surface area contributed by atoms with Gasteiger partial charge in [-0.25, -0.2) is 15.2 Å². The molecular weight excluding hydrogens is 276 g/mol. The lowest BCUT2D eigenvalue weighted by Gasteiger charge is -2.29. The minimum atomic E-state index is -0.509. The van der Waals surface area contributed by atoms with Gasteiger partial charge in [0.05, 0.1) is 27.4 Å². The molecular formula is C14H18N2O5. The molecule has 1 saturated heterocycles. The van der Waals surface area contributed by atoms with Crippen LogP contribution in [0.15, 0.2) is 12.1 Å². The summed E-state index contributed by atoms with van der Waals surface area (Å²) in [5, 5.41) is 1.99. The van der Waals surface area contributed by atoms with E-state index in [4.69, 9.17) is 18.9 Å². The molecule has 0 radical (unpaired) electrons. The number of hydrogen-bond donors (Lipinski definition) is 1. The van der Waals surface area contributed by atoms with Crippen LogP contribution in [0.25, 0.3) is 0 Å². The summed E-state index contributed by atoms with van der Waals surface area (Å²) in [5.41, 5.74) is 4.38. The lowest BCUT2D eigenvalue weighted by molar-refractivity contribution is -0.0400. The minimum absolute atomic E-state index is 0.409. The van der Waals surface area contributed by atoms with Gasteiger partial charge in [0.15, 0.2) is 17.7 Å². The van der Waals surface area contributed by atoms with Crippen molar-refractivity contribution in [2.75, 3.05) is 40.5 Å². The Morgan fingerprint density at radius 3 is 2.67 bits per heavy atom. The average Bonchev–Trinajstić information content (AvgIpc) is 2.83. The SMILES string of the molecule is COc1ccc2c(c1OC)C(=O)O[C@H]2NN1CCOCC1. The number of fused-ring (bicyclic) bond motifs is 1. The van der Waals surface area contributed by atoms with Crippen LogP contribution in [0.4, 0.5) is 0 Å². The van der Waals surface area contributed by atoms with Crippen molar-refractivity contribution in [1.82, 2.24) is 10.4 Å². The predicted octanol–water partition coefficient (Wildman–Crippen LogP) is 0.710. The van der Waals surface area contributed by atoms with Gasteiger partial charge in [0.2, 0.25) is 0 Å². The fourth-order valence-corrected chi connectivity index (χ4v) is 2.55. The summed E-state index contributed by atoms with van der Waals surface area (Å²) in [4.78, 5) is 12.1. The molecule has 7 nitrogen and oxygen atoms in total. The Morgan fingerprint density at radius 1 is 1.24 bits per heavy atom. The molecule has 1 fully saturated rings. The van der Waals surface area contributed by atoms with Crippen LogP contribution >= 0.6 is 0 Å². The zero-order chi connectivity index (χ0) is 14.8. The highest BCUT2D eigenvalue weighted by molar-refractivity contribution is 5.98. The second-order valence-electron chi connectivity index (χ2n) is 4.78. The largest absolute Gasteiger partial charge is 0.493 e. The van der Waals surface area contributed by atoms with Gasteiger partial charge in [-0.2, -0.15) is 0 Å². The maximum atomic E-state index is 12.1. The fraction of sp³-hybridized carbons (Fsp3) is 0.500. The van der Waals surface area contributed by atoms with E-state index in [1.165, 1.54) is 14.2 Å². The second kappa shape index (κ2) is 5.88. The van der Waals surface area contributed by atoms with Crippen LogP contribution in [0.2, 0.25) is 0 Å². The van der Waals surface area contributed by atoms with Crippen molar-refractivity contribution in [2.45, 2.75) is 6.23 Å². The molecule has 114 valence electrons. The van der Waals surface area contributed by atoms with Crippen molar-refractivity contribution in [2.24, 2.45) is 0 Å². The van der Waals surface area contributed by atoms with Crippen molar-refractivity contribution >= 4 is 5.97 Å². The van der Waals surface area contributed by atoms with Gasteiger partial charge in [-0.05, 0) is 12.1 Å². The van der Waals surface area contributed by atoms with Crippen LogP contribution < -0.4 is 14.9 Å². The highest BCUT2D eigenvalue weighted by atomic mass is 16.6. The summed E-state index contributed by atoms with van der Waals surface area (Å²) in [5.74, 6) is 0.512. The average molecular weight is 294 g/mol. The van der Waals surface area contributed by atoms with Crippen molar-refractivity contribution < 1.29 is 23.7 Å². The Labute approximate surface area is 122 Å². The van der Waals surface area contributed by atoms with E-state index in [1.807, 2.05) is 11.1 Å². The van der Waals surface area contributed by atoms with E-state index in [2.05, 4.69) is 5.43 Å². The Hall–Kier alpha value is -1.83. The Kier molecular flexibility index (Phi) is 3.96. The summed E-state index contributed by atoms with van der Waals surface area (Å²) in [7, 11) is 3.04. The summed E-state index contributed by atoms with van der Waals surface area (Å²) in [6.07, 6.45) is -0.509. The number of hydrogen-bond acceptors (Lipinski definition) is 7. The first-order valence-electron chi connectivity index (χ1n) is 6.79. The topological polar surface area (TPSA) is 69.3 Å². The lowest BCUT2D eigenvalue weighted by atomic mass is 10.1. The standard InChI is InChI=1S/C14H18N2O5/c1-18-10-4-3-9-11(12(10)19-2)14(17)21-13(9)15-16-5-7-20-8-6-16/h3-4,13,15H,5-8H2,1-2H3/t13-/m1/s1. The normalized spacial score (nSPS) is 21.8. The van der Waals surface area contributed by atoms with Gasteiger partial charge in [0.1, 0.15) is 5.56 Å². The number of esters is 1. The number of benzene rings is 1. The quantitative estimate of drug-likeness (QED) is 0.820. The third kappa shape index (κ3) is 2.55. The van der Waals surface area contributed by atoms with Crippen LogP contribution in [0.5, 0.6) is 11.5 Å². The Balaban J connectivity index is 1.87. The zero-order valence-electron chi connectivity index (χ0n) is 12.0. The van der Waals surface area contributed by atoms with Crippen molar-refractivity contribution in [3.05, 3.63) is 23.3 Å². The van der Waals surface area contributed by atoms with Gasteiger partial charge < -0.3 is 18.9 Å². The highest BCUT2D eigenvalue weighted by Gasteiger charge is 2.36. The minimum Gasteiger partial charge on any atom is -0.493 e. The molecule has 1 atom stereocenters. The number of nitrogens with one attached hydrogen (secondary N) is 1. The first kappa shape index (κ1) is 14.1. The molecule has 0 saturated carbocycles. The van der Waals surface area contributed by atoms with Crippen molar-refractivity contribution in [1.29, 1.82) is 0 Å². The van der Waals surface area contributed by atoms with Crippen LogP contribution in [-0.4, -0.2) is 51.5 Å². The molecule has 3 rings (SSSR count). The number of carbonyl (C=O) groups is 1. The summed E-state index contributed by atoms with van der Waals surface area (Å²) in [6, 6.07) is 3.59. The van der Waals surface area contributed by atoms with Crippen molar-refractivity contribution in [3.63, 3.8) is 0 Å². The van der Waals surface area contributed by atoms with Gasteiger partial charge >= 0.3 is 5.97 Å². The number of methoxy groups -OCH3 is 2. The van der Waals surface area contributed by atoms with Gasteiger partial charge in [-0.15, -0.1) is 0 Å². The molecule has 1 aromatic rings. The summed E-state index contributed by atoms with van der Waals surface area (Å²) >= 11 is 0. The molecule has 2 heterocycles. The Bertz CT molecular complexity index is 542. The number of ether oxygens (including phenoxy) is 4. The van der Waals surface area contributed by atoms with E-state index in [-0.39, 0.29) is 0 Å². The van der Waals surface area contributed by atoms with Gasteiger partial charge in [-0.3, -0.25) is 0 Å². The maximum absolute atomic E-state index is 12.1.